The summed E-state index contributed by atoms with van der Waals surface area (Å²) >= 11 is 6.79. The molecule has 2 fully saturated rings. The van der Waals surface area contributed by atoms with Crippen molar-refractivity contribution >= 4 is 44.9 Å². The number of imidazole rings is 1. The standard InChI is InChI=1S/C34H34ClN7O6S/c1-2-3-10-39-20-30(42-21-36-17-29(42)34(39)46)22-4-5-24(27(35)15-22)18-38-11-13-40(14-12-38)49(47,48)25-7-6-23-19-41(33(45)26(23)16-25)28-8-9-31(43)37-32(28)44/h2-7,15-17,20-21,28H,8-14,18-19H2,1H3,(H,37,43,44)/p+1/b3-2+. The number of H-pyrrole nitrogens is 1. The minimum atomic E-state index is -3.88. The summed E-state index contributed by atoms with van der Waals surface area (Å²) in [6.07, 6.45) is 9.43. The van der Waals surface area contributed by atoms with Gasteiger partial charge >= 0.3 is 5.56 Å². The van der Waals surface area contributed by atoms with E-state index in [0.717, 1.165) is 16.8 Å². The largest absolute Gasteiger partial charge is 0.322 e. The predicted octanol–water partition coefficient (Wildman–Crippen LogP) is 2.08. The van der Waals surface area contributed by atoms with Crippen LogP contribution in [0.15, 0.2) is 77.0 Å². The highest BCUT2D eigenvalue weighted by molar-refractivity contribution is 7.89. The van der Waals surface area contributed by atoms with Gasteiger partial charge in [-0.25, -0.2) is 13.4 Å². The molecule has 0 aliphatic carbocycles. The van der Waals surface area contributed by atoms with E-state index in [9.17, 15) is 27.6 Å². The van der Waals surface area contributed by atoms with Crippen LogP contribution in [0.5, 0.6) is 0 Å². The molecule has 3 amide bonds. The summed E-state index contributed by atoms with van der Waals surface area (Å²) in [5.74, 6) is -1.29. The molecule has 4 aromatic rings. The van der Waals surface area contributed by atoms with E-state index in [1.165, 1.54) is 21.3 Å². The molecular formula is C34H35ClN7O6S+. The number of benzene rings is 2. The van der Waals surface area contributed by atoms with Crippen LogP contribution in [-0.2, 0) is 39.2 Å². The van der Waals surface area contributed by atoms with Crippen LogP contribution in [0.25, 0.3) is 16.8 Å². The Morgan fingerprint density at radius 3 is 2.57 bits per heavy atom. The average Bonchev–Trinajstić information content (AvgIpc) is 3.71. The number of fused-ring (bicyclic) bond motifs is 2. The van der Waals surface area contributed by atoms with Crippen molar-refractivity contribution in [3.63, 3.8) is 0 Å². The van der Waals surface area contributed by atoms with Crippen molar-refractivity contribution in [2.24, 2.45) is 0 Å². The number of carbonyl (C=O) groups excluding carboxylic acids is 3. The number of rotatable bonds is 8. The Morgan fingerprint density at radius 1 is 1.04 bits per heavy atom. The molecular weight excluding hydrogens is 670 g/mol. The van der Waals surface area contributed by atoms with Crippen molar-refractivity contribution in [2.75, 3.05) is 26.2 Å². The van der Waals surface area contributed by atoms with Gasteiger partial charge in [0.15, 0.2) is 5.69 Å². The van der Waals surface area contributed by atoms with Crippen molar-refractivity contribution in [1.29, 1.82) is 0 Å². The van der Waals surface area contributed by atoms with E-state index in [4.69, 9.17) is 11.6 Å². The first-order chi connectivity index (χ1) is 23.5. The maximum atomic E-state index is 13.7. The molecule has 3 aliphatic rings. The molecule has 2 aromatic carbocycles. The number of nitrogens with one attached hydrogen (secondary N) is 2. The SMILES string of the molecule is C/C=C/Cn1cc(-c2ccc(CN3CCN(S(=O)(=O)c4ccc5c(c4)C(=O)N(C4CCC(=O)NC4=O)C5)CC3)c(Cl)c2)[n+]2c[nH]cc2c1=O. The Balaban J connectivity index is 1.02. The lowest BCUT2D eigenvalue weighted by molar-refractivity contribution is -0.500. The second-order valence-electron chi connectivity index (χ2n) is 12.4. The highest BCUT2D eigenvalue weighted by Crippen LogP contribution is 2.31. The van der Waals surface area contributed by atoms with Crippen LogP contribution in [0, 0.1) is 0 Å². The third-order valence-corrected chi connectivity index (χ3v) is 11.7. The first-order valence-corrected chi connectivity index (χ1v) is 17.9. The fraction of sp³-hybridized carbons (Fsp3) is 0.324. The van der Waals surface area contributed by atoms with Crippen LogP contribution in [-0.4, -0.2) is 82.0 Å². The van der Waals surface area contributed by atoms with Gasteiger partial charge in [0, 0.05) is 68.4 Å². The normalized spacial score (nSPS) is 19.3. The summed E-state index contributed by atoms with van der Waals surface area (Å²) in [7, 11) is -3.88. The summed E-state index contributed by atoms with van der Waals surface area (Å²) in [6, 6.07) is 9.58. The van der Waals surface area contributed by atoms with E-state index in [-0.39, 0.29) is 54.4 Å². The van der Waals surface area contributed by atoms with Gasteiger partial charge in [0.1, 0.15) is 12.2 Å². The maximum Gasteiger partial charge on any atom is 0.302 e. The van der Waals surface area contributed by atoms with E-state index >= 15 is 0 Å². The lowest BCUT2D eigenvalue weighted by atomic mass is 10.0. The number of aromatic amines is 1. The van der Waals surface area contributed by atoms with Crippen molar-refractivity contribution < 1.29 is 27.2 Å². The van der Waals surface area contributed by atoms with Crippen LogP contribution in [0.3, 0.4) is 0 Å². The number of halogens is 1. The first kappa shape index (κ1) is 32.9. The van der Waals surface area contributed by atoms with Gasteiger partial charge in [-0.2, -0.15) is 8.71 Å². The monoisotopic (exact) mass is 704 g/mol. The number of hydrogen-bond donors (Lipinski definition) is 2. The topological polar surface area (TPSA) is 149 Å². The van der Waals surface area contributed by atoms with Crippen LogP contribution < -0.4 is 15.3 Å². The summed E-state index contributed by atoms with van der Waals surface area (Å²) in [5, 5.41) is 2.84. The molecule has 1 atom stereocenters. The lowest BCUT2D eigenvalue weighted by Crippen LogP contribution is -2.52. The number of piperazine rings is 1. The van der Waals surface area contributed by atoms with Gasteiger partial charge < -0.3 is 9.47 Å². The summed E-state index contributed by atoms with van der Waals surface area (Å²) in [5.41, 5.74) is 3.88. The second-order valence-corrected chi connectivity index (χ2v) is 14.8. The van der Waals surface area contributed by atoms with E-state index in [1.807, 2.05) is 47.9 Å². The van der Waals surface area contributed by atoms with E-state index < -0.39 is 27.9 Å². The fourth-order valence-electron chi connectivity index (χ4n) is 6.72. The molecule has 13 nitrogen and oxygen atoms in total. The van der Waals surface area contributed by atoms with E-state index in [0.29, 0.717) is 42.3 Å². The van der Waals surface area contributed by atoms with Crippen LogP contribution in [0.4, 0.5) is 0 Å². The van der Waals surface area contributed by atoms with Gasteiger partial charge in [-0.1, -0.05) is 42.0 Å². The number of nitrogens with zero attached hydrogens (tertiary/aromatic N) is 5. The minimum Gasteiger partial charge on any atom is -0.322 e. The zero-order chi connectivity index (χ0) is 34.4. The number of hydrogen-bond acceptors (Lipinski definition) is 7. The van der Waals surface area contributed by atoms with E-state index in [1.54, 1.807) is 23.2 Å². The zero-order valence-electron chi connectivity index (χ0n) is 26.8. The quantitative estimate of drug-likeness (QED) is 0.162. The number of piperidine rings is 1. The molecule has 0 radical (unpaired) electrons. The number of carbonyl (C=O) groups is 3. The highest BCUT2D eigenvalue weighted by Gasteiger charge is 2.40. The number of sulfonamides is 1. The Kier molecular flexibility index (Phi) is 8.73. The van der Waals surface area contributed by atoms with Gasteiger partial charge in [-0.05, 0) is 42.7 Å². The summed E-state index contributed by atoms with van der Waals surface area (Å²) in [4.78, 5) is 56.7. The fourth-order valence-corrected chi connectivity index (χ4v) is 8.41. The molecule has 15 heteroatoms. The van der Waals surface area contributed by atoms with Gasteiger partial charge in [-0.3, -0.25) is 29.4 Å². The van der Waals surface area contributed by atoms with E-state index in [2.05, 4.69) is 15.2 Å². The maximum absolute atomic E-state index is 13.7. The smallest absolute Gasteiger partial charge is 0.302 e. The second kappa shape index (κ2) is 13.0. The minimum absolute atomic E-state index is 0.0308. The van der Waals surface area contributed by atoms with Crippen molar-refractivity contribution in [3.8, 4) is 11.3 Å². The summed E-state index contributed by atoms with van der Waals surface area (Å²) < 4.78 is 32.2. The number of amides is 3. The van der Waals surface area contributed by atoms with Crippen molar-refractivity contribution in [1.82, 2.24) is 29.0 Å². The van der Waals surface area contributed by atoms with Crippen molar-refractivity contribution in [3.05, 3.63) is 99.3 Å². The van der Waals surface area contributed by atoms with Crippen molar-refractivity contribution in [2.45, 2.75) is 50.3 Å². The molecule has 2 N–H and O–H groups in total. The molecule has 2 aromatic heterocycles. The van der Waals surface area contributed by atoms with Gasteiger partial charge in [0.05, 0.1) is 11.1 Å². The molecule has 0 spiro atoms. The molecule has 1 unspecified atom stereocenters. The molecule has 49 heavy (non-hydrogen) atoms. The number of aromatic nitrogens is 3. The molecule has 3 aliphatic heterocycles. The average molecular weight is 705 g/mol. The van der Waals surface area contributed by atoms with Crippen LogP contribution >= 0.6 is 11.6 Å². The van der Waals surface area contributed by atoms with Crippen LogP contribution in [0.2, 0.25) is 5.02 Å². The lowest BCUT2D eigenvalue weighted by Gasteiger charge is -2.34. The molecule has 7 rings (SSSR count). The Morgan fingerprint density at radius 2 is 1.84 bits per heavy atom. The molecule has 0 bridgehead atoms. The molecule has 0 saturated carbocycles. The molecule has 2 saturated heterocycles. The Labute approximate surface area is 287 Å². The Bertz CT molecular complexity index is 2200. The summed E-state index contributed by atoms with van der Waals surface area (Å²) in [6.45, 7) is 4.57. The highest BCUT2D eigenvalue weighted by atomic mass is 35.5. The predicted molar refractivity (Wildman–Crippen MR) is 180 cm³/mol. The third-order valence-electron chi connectivity index (χ3n) is 9.45. The molecule has 254 valence electrons. The van der Waals surface area contributed by atoms with Crippen LogP contribution in [0.1, 0.15) is 41.3 Å². The van der Waals surface area contributed by atoms with Gasteiger partial charge in [0.2, 0.25) is 33.7 Å². The number of imide groups is 1. The third kappa shape index (κ3) is 6.09. The van der Waals surface area contributed by atoms with Gasteiger partial charge in [-0.15, -0.1) is 0 Å². The first-order valence-electron chi connectivity index (χ1n) is 16.1. The van der Waals surface area contributed by atoms with Gasteiger partial charge in [0.25, 0.3) is 5.91 Å². The number of allylic oxidation sites excluding steroid dienone is 2. The Hall–Kier alpha value is -4.63. The zero-order valence-corrected chi connectivity index (χ0v) is 28.3. The molecule has 5 heterocycles.